The lowest BCUT2D eigenvalue weighted by Crippen LogP contribution is -2.02. The topological polar surface area (TPSA) is 141 Å². The summed E-state index contributed by atoms with van der Waals surface area (Å²) in [4.78, 5) is 39.1. The van der Waals surface area contributed by atoms with Crippen molar-refractivity contribution in [2.45, 2.75) is 13.7 Å². The third kappa shape index (κ3) is 4.02. The first-order valence-corrected chi connectivity index (χ1v) is 10.4. The first-order valence-electron chi connectivity index (χ1n) is 8.00. The lowest BCUT2D eigenvalue weighted by Gasteiger charge is -2.07. The molecule has 0 aliphatic heterocycles. The van der Waals surface area contributed by atoms with E-state index >= 15 is 0 Å². The Morgan fingerprint density at radius 3 is 2.86 bits per heavy atom. The van der Waals surface area contributed by atoms with Crippen LogP contribution in [-0.2, 0) is 15.8 Å². The van der Waals surface area contributed by atoms with Gasteiger partial charge in [0.1, 0.15) is 18.2 Å². The molecule has 10 nitrogen and oxygen atoms in total. The average molecular weight is 438 g/mol. The van der Waals surface area contributed by atoms with E-state index in [0.29, 0.717) is 17.1 Å². The molecule has 4 aromatic rings. The fourth-order valence-corrected chi connectivity index (χ4v) is 3.72. The standard InChI is InChI=1S/C16H12FN4O6PS/c1-8-18-15(20-27-8)12-6-29-16(19-12)14(22)11-5-21(7-26-28(23,24)25)13-3-2-9(17)4-10(11)13/h2-6H,7H2,1H3,(H2,23,24,25). The van der Waals surface area contributed by atoms with Crippen LogP contribution in [0.2, 0.25) is 0 Å². The lowest BCUT2D eigenvalue weighted by atomic mass is 10.1. The number of hydrogen-bond donors (Lipinski definition) is 2. The number of carbonyl (C=O) groups is 1. The number of ketones is 1. The highest BCUT2D eigenvalue weighted by molar-refractivity contribution is 7.46. The molecule has 0 bridgehead atoms. The first kappa shape index (κ1) is 19.6. The van der Waals surface area contributed by atoms with Gasteiger partial charge in [0, 0.05) is 23.9 Å². The Kier molecular flexibility index (Phi) is 4.89. The smallest absolute Gasteiger partial charge is 0.339 e. The van der Waals surface area contributed by atoms with E-state index in [0.717, 1.165) is 17.4 Å². The Morgan fingerprint density at radius 2 is 2.17 bits per heavy atom. The van der Waals surface area contributed by atoms with E-state index in [1.807, 2.05) is 0 Å². The van der Waals surface area contributed by atoms with Crippen molar-refractivity contribution in [2.24, 2.45) is 0 Å². The van der Waals surface area contributed by atoms with E-state index in [-0.39, 0.29) is 21.8 Å². The Labute approximate surface area is 165 Å². The summed E-state index contributed by atoms with van der Waals surface area (Å²) in [6, 6.07) is 3.72. The summed E-state index contributed by atoms with van der Waals surface area (Å²) in [7, 11) is -4.73. The third-order valence-corrected chi connectivity index (χ3v) is 5.20. The van der Waals surface area contributed by atoms with Crippen LogP contribution in [0.4, 0.5) is 4.39 Å². The SMILES string of the molecule is Cc1nc(-c2csc(C(=O)c3cn(COP(=O)(O)O)c4ccc(F)cc34)n2)no1. The normalized spacial score (nSPS) is 12.0. The molecule has 0 unspecified atom stereocenters. The van der Waals surface area contributed by atoms with Gasteiger partial charge < -0.3 is 18.9 Å². The van der Waals surface area contributed by atoms with E-state index in [1.165, 1.54) is 22.9 Å². The summed E-state index contributed by atoms with van der Waals surface area (Å²) in [6.07, 6.45) is 1.33. The monoisotopic (exact) mass is 438 g/mol. The number of phosphoric acid groups is 1. The zero-order chi connectivity index (χ0) is 20.8. The molecule has 0 saturated heterocycles. The van der Waals surface area contributed by atoms with E-state index in [2.05, 4.69) is 19.6 Å². The quantitative estimate of drug-likeness (QED) is 0.343. The van der Waals surface area contributed by atoms with Crippen LogP contribution in [0.15, 0.2) is 34.3 Å². The minimum absolute atomic E-state index is 0.110. The van der Waals surface area contributed by atoms with Gasteiger partial charge in [-0.2, -0.15) is 4.98 Å². The summed E-state index contributed by atoms with van der Waals surface area (Å²) < 4.78 is 35.5. The predicted molar refractivity (Wildman–Crippen MR) is 98.6 cm³/mol. The largest absolute Gasteiger partial charge is 0.471 e. The van der Waals surface area contributed by atoms with Gasteiger partial charge >= 0.3 is 7.82 Å². The number of phosphoric ester groups is 1. The Morgan fingerprint density at radius 1 is 1.38 bits per heavy atom. The molecule has 150 valence electrons. The molecule has 2 N–H and O–H groups in total. The van der Waals surface area contributed by atoms with E-state index in [9.17, 15) is 13.8 Å². The highest BCUT2D eigenvalue weighted by Gasteiger charge is 2.23. The molecule has 0 spiro atoms. The molecule has 0 amide bonds. The fourth-order valence-electron chi connectivity index (χ4n) is 2.69. The number of thiazole rings is 1. The van der Waals surface area contributed by atoms with Crippen LogP contribution in [0.3, 0.4) is 0 Å². The molecule has 3 heterocycles. The van der Waals surface area contributed by atoms with Crippen LogP contribution in [0, 0.1) is 12.7 Å². The maximum absolute atomic E-state index is 13.8. The summed E-state index contributed by atoms with van der Waals surface area (Å²) in [5, 5.41) is 5.71. The minimum atomic E-state index is -4.73. The van der Waals surface area contributed by atoms with Crippen LogP contribution < -0.4 is 0 Å². The second kappa shape index (κ2) is 7.25. The molecule has 0 radical (unpaired) electrons. The maximum Gasteiger partial charge on any atom is 0.471 e. The van der Waals surface area contributed by atoms with Crippen LogP contribution in [0.25, 0.3) is 22.4 Å². The van der Waals surface area contributed by atoms with Crippen LogP contribution >= 0.6 is 19.2 Å². The highest BCUT2D eigenvalue weighted by atomic mass is 32.1. The molecule has 3 aromatic heterocycles. The van der Waals surface area contributed by atoms with Gasteiger partial charge in [0.15, 0.2) is 5.01 Å². The number of aromatic nitrogens is 4. The summed E-state index contributed by atoms with van der Waals surface area (Å²) >= 11 is 1.06. The number of benzene rings is 1. The maximum atomic E-state index is 13.8. The molecule has 1 aromatic carbocycles. The van der Waals surface area contributed by atoms with Crippen molar-refractivity contribution in [3.8, 4) is 11.5 Å². The number of hydrogen-bond acceptors (Lipinski definition) is 8. The average Bonchev–Trinajstić information content (AvgIpc) is 3.36. The Hall–Kier alpha value is -2.76. The number of halogens is 1. The van der Waals surface area contributed by atoms with Gasteiger partial charge in [0.05, 0.1) is 11.1 Å². The van der Waals surface area contributed by atoms with Crippen LogP contribution in [-0.4, -0.2) is 35.3 Å². The molecule has 0 aliphatic carbocycles. The van der Waals surface area contributed by atoms with E-state index in [4.69, 9.17) is 14.3 Å². The Bertz CT molecular complexity index is 1280. The fraction of sp³-hybridized carbons (Fsp3) is 0.125. The molecule has 0 saturated carbocycles. The van der Waals surface area contributed by atoms with Crippen LogP contribution in [0.5, 0.6) is 0 Å². The predicted octanol–water partition coefficient (Wildman–Crippen LogP) is 2.89. The van der Waals surface area contributed by atoms with Gasteiger partial charge in [-0.05, 0) is 18.2 Å². The van der Waals surface area contributed by atoms with Crippen LogP contribution in [0.1, 0.15) is 21.3 Å². The molecule has 4 rings (SSSR count). The molecular formula is C16H12FN4O6PS. The third-order valence-electron chi connectivity index (χ3n) is 3.91. The highest BCUT2D eigenvalue weighted by Crippen LogP contribution is 2.37. The Balaban J connectivity index is 1.73. The van der Waals surface area contributed by atoms with Gasteiger partial charge in [0.25, 0.3) is 0 Å². The number of nitrogens with zero attached hydrogens (tertiary/aromatic N) is 4. The van der Waals surface area contributed by atoms with Crippen molar-refractivity contribution < 1.29 is 32.6 Å². The molecule has 0 fully saturated rings. The second-order valence-corrected chi connectivity index (χ2v) is 8.02. The second-order valence-electron chi connectivity index (χ2n) is 5.93. The summed E-state index contributed by atoms with van der Waals surface area (Å²) in [6.45, 7) is 1.10. The zero-order valence-corrected chi connectivity index (χ0v) is 16.4. The number of carbonyl (C=O) groups excluding carboxylic acids is 1. The van der Waals surface area contributed by atoms with Gasteiger partial charge in [-0.1, -0.05) is 5.16 Å². The number of fused-ring (bicyclic) bond motifs is 1. The number of aryl methyl sites for hydroxylation is 1. The minimum Gasteiger partial charge on any atom is -0.339 e. The van der Waals surface area contributed by atoms with Crippen molar-refractivity contribution in [1.29, 1.82) is 0 Å². The molecule has 0 aliphatic rings. The summed E-state index contributed by atoms with van der Waals surface area (Å²) in [5.41, 5.74) is 0.836. The van der Waals surface area contributed by atoms with Crippen molar-refractivity contribution in [1.82, 2.24) is 19.7 Å². The molecule has 13 heteroatoms. The first-order chi connectivity index (χ1) is 13.7. The lowest BCUT2D eigenvalue weighted by molar-refractivity contribution is 0.103. The van der Waals surface area contributed by atoms with Crippen molar-refractivity contribution in [3.05, 3.63) is 52.1 Å². The van der Waals surface area contributed by atoms with E-state index in [1.54, 1.807) is 12.3 Å². The van der Waals surface area contributed by atoms with Gasteiger partial charge in [-0.15, -0.1) is 11.3 Å². The van der Waals surface area contributed by atoms with E-state index < -0.39 is 26.2 Å². The molecular weight excluding hydrogens is 426 g/mol. The van der Waals surface area contributed by atoms with Gasteiger partial charge in [-0.3, -0.25) is 9.32 Å². The molecule has 29 heavy (non-hydrogen) atoms. The van der Waals surface area contributed by atoms with Crippen molar-refractivity contribution >= 4 is 35.8 Å². The van der Waals surface area contributed by atoms with Crippen molar-refractivity contribution in [3.63, 3.8) is 0 Å². The van der Waals surface area contributed by atoms with Gasteiger partial charge in [0.2, 0.25) is 17.5 Å². The zero-order valence-electron chi connectivity index (χ0n) is 14.6. The summed E-state index contributed by atoms with van der Waals surface area (Å²) in [5.74, 6) is -0.472. The number of rotatable bonds is 6. The molecule has 0 atom stereocenters. The van der Waals surface area contributed by atoms with Gasteiger partial charge in [-0.25, -0.2) is 13.9 Å². The van der Waals surface area contributed by atoms with Crippen molar-refractivity contribution in [2.75, 3.05) is 0 Å².